The van der Waals surface area contributed by atoms with Crippen molar-refractivity contribution in [1.82, 2.24) is 15.2 Å². The molecule has 0 amide bonds. The third-order valence-corrected chi connectivity index (χ3v) is 3.27. The fourth-order valence-electron chi connectivity index (χ4n) is 2.15. The maximum atomic E-state index is 4.27. The van der Waals surface area contributed by atoms with Gasteiger partial charge in [0, 0.05) is 26.3 Å². The molecule has 1 rings (SSSR count). The predicted octanol–water partition coefficient (Wildman–Crippen LogP) is 2.22. The molecule has 0 spiro atoms. The Labute approximate surface area is 124 Å². The van der Waals surface area contributed by atoms with Gasteiger partial charge in [0.2, 0.25) is 0 Å². The highest BCUT2D eigenvalue weighted by Gasteiger charge is 2.07. The number of pyridine rings is 1. The SMILES string of the molecule is CC(C)CNCc1ccncc1N(C)CCCN(C)C. The summed E-state index contributed by atoms with van der Waals surface area (Å²) in [5.41, 5.74) is 2.57. The van der Waals surface area contributed by atoms with Crippen LogP contribution in [0, 0.1) is 5.92 Å². The zero-order valence-corrected chi connectivity index (χ0v) is 13.7. The fraction of sp³-hybridized carbons (Fsp3) is 0.688. The third-order valence-electron chi connectivity index (χ3n) is 3.27. The Morgan fingerprint density at radius 1 is 1.20 bits per heavy atom. The lowest BCUT2D eigenvalue weighted by molar-refractivity contribution is 0.401. The van der Waals surface area contributed by atoms with Crippen molar-refractivity contribution in [2.45, 2.75) is 26.8 Å². The van der Waals surface area contributed by atoms with Crippen molar-refractivity contribution in [3.05, 3.63) is 24.0 Å². The summed E-state index contributed by atoms with van der Waals surface area (Å²) in [6, 6.07) is 2.12. The first-order valence-electron chi connectivity index (χ1n) is 7.50. The first-order chi connectivity index (χ1) is 9.50. The minimum atomic E-state index is 0.679. The topological polar surface area (TPSA) is 31.4 Å². The molecule has 0 fully saturated rings. The zero-order chi connectivity index (χ0) is 15.0. The highest BCUT2D eigenvalue weighted by atomic mass is 15.1. The van der Waals surface area contributed by atoms with Crippen LogP contribution in [-0.2, 0) is 6.54 Å². The van der Waals surface area contributed by atoms with Gasteiger partial charge in [0.25, 0.3) is 0 Å². The van der Waals surface area contributed by atoms with E-state index in [1.807, 2.05) is 12.4 Å². The molecule has 1 heterocycles. The molecule has 0 aliphatic carbocycles. The van der Waals surface area contributed by atoms with Gasteiger partial charge >= 0.3 is 0 Å². The van der Waals surface area contributed by atoms with E-state index in [2.05, 4.69) is 61.2 Å². The molecule has 0 unspecified atom stereocenters. The van der Waals surface area contributed by atoms with Gasteiger partial charge in [0.05, 0.1) is 11.9 Å². The summed E-state index contributed by atoms with van der Waals surface area (Å²) in [7, 11) is 6.38. The molecule has 0 bridgehead atoms. The molecule has 0 saturated carbocycles. The van der Waals surface area contributed by atoms with Gasteiger partial charge in [-0.25, -0.2) is 0 Å². The smallest absolute Gasteiger partial charge is 0.0595 e. The van der Waals surface area contributed by atoms with Crippen LogP contribution in [-0.4, -0.2) is 50.7 Å². The van der Waals surface area contributed by atoms with Gasteiger partial charge in [-0.05, 0) is 51.2 Å². The van der Waals surface area contributed by atoms with Crippen LogP contribution in [0.25, 0.3) is 0 Å². The number of hydrogen-bond donors (Lipinski definition) is 1. The molecule has 0 aliphatic rings. The van der Waals surface area contributed by atoms with Crippen LogP contribution in [0.2, 0.25) is 0 Å². The molecule has 4 heteroatoms. The lowest BCUT2D eigenvalue weighted by Crippen LogP contribution is -2.26. The van der Waals surface area contributed by atoms with Crippen LogP contribution in [0.1, 0.15) is 25.8 Å². The molecule has 0 saturated heterocycles. The van der Waals surface area contributed by atoms with E-state index in [4.69, 9.17) is 0 Å². The second kappa shape index (κ2) is 8.93. The van der Waals surface area contributed by atoms with Crippen molar-refractivity contribution >= 4 is 5.69 Å². The van der Waals surface area contributed by atoms with Crippen LogP contribution in [0.4, 0.5) is 5.69 Å². The molecular formula is C16H30N4. The summed E-state index contributed by atoms with van der Waals surface area (Å²) < 4.78 is 0. The molecule has 1 aromatic rings. The van der Waals surface area contributed by atoms with E-state index in [1.165, 1.54) is 11.3 Å². The Morgan fingerprint density at radius 2 is 1.95 bits per heavy atom. The van der Waals surface area contributed by atoms with Crippen LogP contribution >= 0.6 is 0 Å². The van der Waals surface area contributed by atoms with Crippen LogP contribution < -0.4 is 10.2 Å². The van der Waals surface area contributed by atoms with E-state index in [0.717, 1.165) is 32.6 Å². The minimum absolute atomic E-state index is 0.679. The van der Waals surface area contributed by atoms with Crippen LogP contribution in [0.5, 0.6) is 0 Å². The van der Waals surface area contributed by atoms with Gasteiger partial charge in [-0.1, -0.05) is 13.8 Å². The standard InChI is InChI=1S/C16H30N4/c1-14(2)11-18-12-15-7-8-17-13-16(15)20(5)10-6-9-19(3)4/h7-8,13-14,18H,6,9-12H2,1-5H3. The maximum Gasteiger partial charge on any atom is 0.0595 e. The number of rotatable bonds is 9. The highest BCUT2D eigenvalue weighted by molar-refractivity contribution is 5.50. The lowest BCUT2D eigenvalue weighted by atomic mass is 10.2. The fourth-order valence-corrected chi connectivity index (χ4v) is 2.15. The van der Waals surface area contributed by atoms with Crippen molar-refractivity contribution in [3.63, 3.8) is 0 Å². The second-order valence-electron chi connectivity index (χ2n) is 6.11. The highest BCUT2D eigenvalue weighted by Crippen LogP contribution is 2.17. The summed E-state index contributed by atoms with van der Waals surface area (Å²) in [5.74, 6) is 0.679. The molecule has 1 N–H and O–H groups in total. The Bertz CT molecular complexity index is 376. The predicted molar refractivity (Wildman–Crippen MR) is 87.2 cm³/mol. The van der Waals surface area contributed by atoms with Gasteiger partial charge in [0.1, 0.15) is 0 Å². The Hall–Kier alpha value is -1.13. The van der Waals surface area contributed by atoms with Crippen LogP contribution in [0.3, 0.4) is 0 Å². The quantitative estimate of drug-likeness (QED) is 0.750. The molecule has 0 radical (unpaired) electrons. The molecule has 4 nitrogen and oxygen atoms in total. The lowest BCUT2D eigenvalue weighted by Gasteiger charge is -2.23. The Kier molecular flexibility index (Phi) is 7.55. The molecule has 1 aromatic heterocycles. The van der Waals surface area contributed by atoms with Crippen molar-refractivity contribution < 1.29 is 0 Å². The summed E-state index contributed by atoms with van der Waals surface area (Å²) in [4.78, 5) is 8.81. The van der Waals surface area contributed by atoms with Gasteiger partial charge in [-0.15, -0.1) is 0 Å². The third kappa shape index (κ3) is 6.35. The van der Waals surface area contributed by atoms with E-state index >= 15 is 0 Å². The van der Waals surface area contributed by atoms with Crippen LogP contribution in [0.15, 0.2) is 18.5 Å². The minimum Gasteiger partial charge on any atom is -0.373 e. The number of nitrogens with one attached hydrogen (secondary N) is 1. The summed E-state index contributed by atoms with van der Waals surface area (Å²) in [6.07, 6.45) is 5.02. The molecular weight excluding hydrogens is 248 g/mol. The summed E-state index contributed by atoms with van der Waals surface area (Å²) in [6.45, 7) is 8.59. The Balaban J connectivity index is 2.54. The maximum absolute atomic E-state index is 4.27. The number of hydrogen-bond acceptors (Lipinski definition) is 4. The molecule has 114 valence electrons. The number of aromatic nitrogens is 1. The largest absolute Gasteiger partial charge is 0.373 e. The average molecular weight is 278 g/mol. The van der Waals surface area contributed by atoms with Crippen molar-refractivity contribution in [2.75, 3.05) is 45.7 Å². The first-order valence-corrected chi connectivity index (χ1v) is 7.50. The van der Waals surface area contributed by atoms with Crippen molar-refractivity contribution in [3.8, 4) is 0 Å². The molecule has 0 aliphatic heterocycles. The van der Waals surface area contributed by atoms with Gasteiger partial charge in [-0.3, -0.25) is 4.98 Å². The molecule has 0 aromatic carbocycles. The first kappa shape index (κ1) is 16.9. The summed E-state index contributed by atoms with van der Waals surface area (Å²) in [5, 5.41) is 3.51. The van der Waals surface area contributed by atoms with Crippen molar-refractivity contribution in [1.29, 1.82) is 0 Å². The van der Waals surface area contributed by atoms with E-state index in [0.29, 0.717) is 5.92 Å². The van der Waals surface area contributed by atoms with Gasteiger partial charge < -0.3 is 15.1 Å². The van der Waals surface area contributed by atoms with E-state index in [9.17, 15) is 0 Å². The Morgan fingerprint density at radius 3 is 2.60 bits per heavy atom. The van der Waals surface area contributed by atoms with E-state index in [1.54, 1.807) is 0 Å². The molecule has 20 heavy (non-hydrogen) atoms. The van der Waals surface area contributed by atoms with Crippen molar-refractivity contribution in [2.24, 2.45) is 5.92 Å². The second-order valence-corrected chi connectivity index (χ2v) is 6.11. The number of anilines is 1. The number of nitrogens with zero attached hydrogens (tertiary/aromatic N) is 3. The zero-order valence-electron chi connectivity index (χ0n) is 13.7. The van der Waals surface area contributed by atoms with E-state index in [-0.39, 0.29) is 0 Å². The average Bonchev–Trinajstić information content (AvgIpc) is 2.38. The summed E-state index contributed by atoms with van der Waals surface area (Å²) >= 11 is 0. The van der Waals surface area contributed by atoms with Gasteiger partial charge in [0.15, 0.2) is 0 Å². The van der Waals surface area contributed by atoms with Gasteiger partial charge in [-0.2, -0.15) is 0 Å². The normalized spacial score (nSPS) is 11.3. The molecule has 0 atom stereocenters. The monoisotopic (exact) mass is 278 g/mol. The van der Waals surface area contributed by atoms with E-state index < -0.39 is 0 Å².